The Morgan fingerprint density at radius 3 is 2.54 bits per heavy atom. The van der Waals surface area contributed by atoms with Crippen molar-refractivity contribution >= 4 is 40.6 Å². The molecule has 28 heavy (non-hydrogen) atoms. The van der Waals surface area contributed by atoms with Gasteiger partial charge in [0.15, 0.2) is 0 Å². The highest BCUT2D eigenvalue weighted by Gasteiger charge is 2.24. The molecule has 0 aliphatic heterocycles. The molecule has 0 radical (unpaired) electrons. The number of aromatic nitrogens is 4. The standard InChI is InChI=1S/C22H16Cl2N4/c23-18-10-3-1-6-14(18)12-15-7-5-9-17-20(15)27-22-25-13-26-28(22)21(17)16-8-2-4-11-19(16)24/h1-4,6,8,10-13H,5,7,9H2/b15-12-. The summed E-state index contributed by atoms with van der Waals surface area (Å²) in [7, 11) is 0. The molecule has 5 rings (SSSR count). The van der Waals surface area contributed by atoms with Crippen molar-refractivity contribution in [3.8, 4) is 11.3 Å². The van der Waals surface area contributed by atoms with Crippen LogP contribution in [0.15, 0.2) is 54.9 Å². The van der Waals surface area contributed by atoms with Crippen molar-refractivity contribution in [2.24, 2.45) is 0 Å². The highest BCUT2D eigenvalue weighted by molar-refractivity contribution is 6.33. The average Bonchev–Trinajstić information content (AvgIpc) is 3.17. The number of rotatable bonds is 2. The Hall–Kier alpha value is -2.69. The van der Waals surface area contributed by atoms with Crippen LogP contribution in [0.3, 0.4) is 0 Å². The topological polar surface area (TPSA) is 43.1 Å². The first-order chi connectivity index (χ1) is 13.7. The van der Waals surface area contributed by atoms with E-state index in [-0.39, 0.29) is 0 Å². The van der Waals surface area contributed by atoms with Gasteiger partial charge < -0.3 is 0 Å². The summed E-state index contributed by atoms with van der Waals surface area (Å²) in [5.74, 6) is 0.570. The Bertz CT molecular complexity index is 1230. The van der Waals surface area contributed by atoms with Gasteiger partial charge >= 0.3 is 0 Å². The van der Waals surface area contributed by atoms with Crippen LogP contribution in [0, 0.1) is 0 Å². The fourth-order valence-corrected chi connectivity index (χ4v) is 4.22. The first-order valence-electron chi connectivity index (χ1n) is 9.15. The van der Waals surface area contributed by atoms with Gasteiger partial charge in [-0.2, -0.15) is 14.6 Å². The predicted molar refractivity (Wildman–Crippen MR) is 113 cm³/mol. The number of allylic oxidation sites excluding steroid dienone is 1. The summed E-state index contributed by atoms with van der Waals surface area (Å²) in [5.41, 5.74) is 6.17. The third-order valence-corrected chi connectivity index (χ3v) is 5.74. The summed E-state index contributed by atoms with van der Waals surface area (Å²) >= 11 is 12.9. The Balaban J connectivity index is 1.79. The van der Waals surface area contributed by atoms with E-state index in [1.807, 2.05) is 48.5 Å². The lowest BCUT2D eigenvalue weighted by atomic mass is 9.87. The number of fused-ring (bicyclic) bond motifs is 2. The minimum atomic E-state index is 0.570. The number of benzene rings is 2. The highest BCUT2D eigenvalue weighted by atomic mass is 35.5. The number of hydrogen-bond acceptors (Lipinski definition) is 3. The maximum atomic E-state index is 6.54. The van der Waals surface area contributed by atoms with Crippen LogP contribution in [0.1, 0.15) is 29.7 Å². The van der Waals surface area contributed by atoms with E-state index in [0.29, 0.717) is 10.8 Å². The van der Waals surface area contributed by atoms with Gasteiger partial charge in [-0.15, -0.1) is 0 Å². The molecule has 2 aromatic carbocycles. The minimum Gasteiger partial charge on any atom is -0.211 e. The number of hydrogen-bond donors (Lipinski definition) is 0. The van der Waals surface area contributed by atoms with Gasteiger partial charge in [0.2, 0.25) is 0 Å². The third kappa shape index (κ3) is 2.89. The second-order valence-corrected chi connectivity index (χ2v) is 7.60. The second kappa shape index (κ2) is 7.04. The lowest BCUT2D eigenvalue weighted by Crippen LogP contribution is -2.12. The van der Waals surface area contributed by atoms with Crippen molar-refractivity contribution in [3.05, 3.63) is 81.7 Å². The van der Waals surface area contributed by atoms with Gasteiger partial charge in [0.25, 0.3) is 5.78 Å². The van der Waals surface area contributed by atoms with Gasteiger partial charge in [0, 0.05) is 21.2 Å². The first kappa shape index (κ1) is 17.4. The molecular weight excluding hydrogens is 391 g/mol. The SMILES string of the molecule is Clc1ccccc1/C=C1/CCCc2c1nc1ncnn1c2-c1ccccc1Cl. The lowest BCUT2D eigenvalue weighted by molar-refractivity contribution is 0.792. The van der Waals surface area contributed by atoms with Crippen LogP contribution in [-0.2, 0) is 6.42 Å². The first-order valence-corrected chi connectivity index (χ1v) is 9.91. The molecule has 0 saturated heterocycles. The molecule has 4 aromatic rings. The molecule has 2 aromatic heterocycles. The number of nitrogens with zero attached hydrogens (tertiary/aromatic N) is 4. The molecule has 1 aliphatic carbocycles. The van der Waals surface area contributed by atoms with Crippen LogP contribution in [0.2, 0.25) is 10.0 Å². The zero-order valence-electron chi connectivity index (χ0n) is 14.9. The summed E-state index contributed by atoms with van der Waals surface area (Å²) in [6.45, 7) is 0. The molecule has 0 unspecified atom stereocenters. The molecule has 0 bridgehead atoms. The average molecular weight is 407 g/mol. The summed E-state index contributed by atoms with van der Waals surface area (Å²) in [4.78, 5) is 9.18. The largest absolute Gasteiger partial charge is 0.253 e. The molecule has 0 N–H and O–H groups in total. The maximum absolute atomic E-state index is 6.54. The number of halogens is 2. The van der Waals surface area contributed by atoms with Crippen molar-refractivity contribution in [1.29, 1.82) is 0 Å². The fourth-order valence-electron chi connectivity index (χ4n) is 3.80. The van der Waals surface area contributed by atoms with Gasteiger partial charge in [0.1, 0.15) is 6.33 Å². The van der Waals surface area contributed by atoms with Crippen molar-refractivity contribution < 1.29 is 0 Å². The zero-order valence-corrected chi connectivity index (χ0v) is 16.5. The minimum absolute atomic E-state index is 0.570. The van der Waals surface area contributed by atoms with E-state index in [1.54, 1.807) is 4.52 Å². The van der Waals surface area contributed by atoms with Crippen molar-refractivity contribution in [1.82, 2.24) is 19.6 Å². The van der Waals surface area contributed by atoms with E-state index in [0.717, 1.165) is 57.9 Å². The van der Waals surface area contributed by atoms with Crippen LogP contribution in [-0.4, -0.2) is 19.6 Å². The van der Waals surface area contributed by atoms with Crippen LogP contribution in [0.5, 0.6) is 0 Å². The van der Waals surface area contributed by atoms with E-state index in [2.05, 4.69) is 16.2 Å². The molecule has 0 saturated carbocycles. The van der Waals surface area contributed by atoms with Gasteiger partial charge in [-0.3, -0.25) is 0 Å². The molecule has 0 fully saturated rings. The summed E-state index contributed by atoms with van der Waals surface area (Å²) in [6, 6.07) is 15.7. The van der Waals surface area contributed by atoms with Crippen molar-refractivity contribution in [2.75, 3.05) is 0 Å². The normalized spacial score (nSPS) is 15.1. The molecule has 0 spiro atoms. The Kier molecular flexibility index (Phi) is 4.38. The summed E-state index contributed by atoms with van der Waals surface area (Å²) in [5, 5.41) is 5.83. The molecular formula is C22H16Cl2N4. The lowest BCUT2D eigenvalue weighted by Gasteiger charge is -2.22. The Morgan fingerprint density at radius 2 is 1.71 bits per heavy atom. The third-order valence-electron chi connectivity index (χ3n) is 5.07. The molecule has 1 aliphatic rings. The highest BCUT2D eigenvalue weighted by Crippen LogP contribution is 2.39. The van der Waals surface area contributed by atoms with Crippen molar-refractivity contribution in [2.45, 2.75) is 19.3 Å². The van der Waals surface area contributed by atoms with E-state index < -0.39 is 0 Å². The molecule has 0 atom stereocenters. The van der Waals surface area contributed by atoms with Crippen LogP contribution in [0.4, 0.5) is 0 Å². The van der Waals surface area contributed by atoms with E-state index in [1.165, 1.54) is 6.33 Å². The van der Waals surface area contributed by atoms with Crippen LogP contribution >= 0.6 is 23.2 Å². The maximum Gasteiger partial charge on any atom is 0.253 e. The van der Waals surface area contributed by atoms with Crippen LogP contribution in [0.25, 0.3) is 28.7 Å². The summed E-state index contributed by atoms with van der Waals surface area (Å²) in [6.07, 6.45) is 6.56. The van der Waals surface area contributed by atoms with Gasteiger partial charge in [-0.1, -0.05) is 59.6 Å². The van der Waals surface area contributed by atoms with Gasteiger partial charge in [0.05, 0.1) is 11.4 Å². The molecule has 0 amide bonds. The Morgan fingerprint density at radius 1 is 0.929 bits per heavy atom. The monoisotopic (exact) mass is 406 g/mol. The van der Waals surface area contributed by atoms with E-state index in [9.17, 15) is 0 Å². The Labute approximate surface area is 172 Å². The van der Waals surface area contributed by atoms with Crippen molar-refractivity contribution in [3.63, 3.8) is 0 Å². The molecule has 138 valence electrons. The summed E-state index contributed by atoms with van der Waals surface area (Å²) < 4.78 is 1.79. The molecule has 4 nitrogen and oxygen atoms in total. The molecule has 6 heteroatoms. The quantitative estimate of drug-likeness (QED) is 0.411. The second-order valence-electron chi connectivity index (χ2n) is 6.78. The fraction of sp³-hybridized carbons (Fsp3) is 0.136. The smallest absolute Gasteiger partial charge is 0.211 e. The van der Waals surface area contributed by atoms with E-state index in [4.69, 9.17) is 28.2 Å². The van der Waals surface area contributed by atoms with Gasteiger partial charge in [-0.05, 0) is 48.6 Å². The zero-order chi connectivity index (χ0) is 19.1. The van der Waals surface area contributed by atoms with E-state index >= 15 is 0 Å². The molecule has 2 heterocycles. The predicted octanol–water partition coefficient (Wildman–Crippen LogP) is 5.98. The van der Waals surface area contributed by atoms with Gasteiger partial charge in [-0.25, -0.2) is 4.98 Å². The van der Waals surface area contributed by atoms with Crippen LogP contribution < -0.4 is 0 Å².